The van der Waals surface area contributed by atoms with Crippen molar-refractivity contribution in [3.63, 3.8) is 0 Å². The lowest BCUT2D eigenvalue weighted by Gasteiger charge is -2.16. The van der Waals surface area contributed by atoms with Gasteiger partial charge in [-0.15, -0.1) is 0 Å². The van der Waals surface area contributed by atoms with Gasteiger partial charge >= 0.3 is 0 Å². The number of aromatic nitrogens is 1. The normalized spacial score (nSPS) is 11.0. The molecule has 21 heavy (non-hydrogen) atoms. The molecule has 3 nitrogen and oxygen atoms in total. The van der Waals surface area contributed by atoms with Crippen LogP contribution in [0.1, 0.15) is 13.8 Å². The summed E-state index contributed by atoms with van der Waals surface area (Å²) in [6.45, 7) is 4.13. The van der Waals surface area contributed by atoms with Gasteiger partial charge in [0.25, 0.3) is 0 Å². The second-order valence-corrected chi connectivity index (χ2v) is 5.68. The topological polar surface area (TPSA) is 37.0 Å². The number of pyridine rings is 1. The average molecular weight is 295 g/mol. The first-order valence-corrected chi connectivity index (χ1v) is 7.41. The number of nitrogens with zero attached hydrogens (tertiary/aromatic N) is 1. The summed E-state index contributed by atoms with van der Waals surface area (Å²) in [7, 11) is 0. The van der Waals surface area contributed by atoms with E-state index in [2.05, 4.69) is 36.6 Å². The molecule has 0 aliphatic carbocycles. The Morgan fingerprint density at radius 3 is 2.00 bits per heavy atom. The number of thiocarbonyl (C=S) groups is 1. The fraction of sp³-hybridized carbons (Fsp3) is 0.176. The molecule has 3 rings (SSSR count). The third kappa shape index (κ3) is 2.81. The standard InChI is InChI=1S/C17H17N3S/c1-11(2)18-17(21)20-16-12-7-3-5-9-14(12)19-15-10-6-4-8-13(15)16/h3-11H,1-2H3,(H2,18,19,20,21). The monoisotopic (exact) mass is 295 g/mol. The molecule has 0 aliphatic rings. The minimum absolute atomic E-state index is 0.296. The molecule has 0 atom stereocenters. The summed E-state index contributed by atoms with van der Waals surface area (Å²) in [5.74, 6) is 0. The Bertz CT molecular complexity index is 757. The van der Waals surface area contributed by atoms with Crippen LogP contribution in [0.5, 0.6) is 0 Å². The largest absolute Gasteiger partial charge is 0.360 e. The molecule has 0 spiro atoms. The second-order valence-electron chi connectivity index (χ2n) is 5.27. The van der Waals surface area contributed by atoms with Crippen LogP contribution in [0.15, 0.2) is 48.5 Å². The fourth-order valence-corrected chi connectivity index (χ4v) is 2.72. The first-order chi connectivity index (χ1) is 10.1. The van der Waals surface area contributed by atoms with Gasteiger partial charge in [0.15, 0.2) is 5.11 Å². The summed E-state index contributed by atoms with van der Waals surface area (Å²) in [6, 6.07) is 16.5. The van der Waals surface area contributed by atoms with Crippen molar-refractivity contribution in [3.8, 4) is 0 Å². The number of rotatable bonds is 2. The van der Waals surface area contributed by atoms with E-state index < -0.39 is 0 Å². The first kappa shape index (κ1) is 13.8. The Morgan fingerprint density at radius 1 is 0.952 bits per heavy atom. The molecule has 0 bridgehead atoms. The molecule has 0 unspecified atom stereocenters. The zero-order chi connectivity index (χ0) is 14.8. The highest BCUT2D eigenvalue weighted by Gasteiger charge is 2.10. The molecule has 0 saturated heterocycles. The van der Waals surface area contributed by atoms with Crippen molar-refractivity contribution in [2.45, 2.75) is 19.9 Å². The molecule has 106 valence electrons. The van der Waals surface area contributed by atoms with Crippen LogP contribution in [-0.4, -0.2) is 16.1 Å². The van der Waals surface area contributed by atoms with E-state index in [0.717, 1.165) is 27.5 Å². The van der Waals surface area contributed by atoms with E-state index in [1.165, 1.54) is 0 Å². The molecule has 0 aliphatic heterocycles. The Balaban J connectivity index is 2.18. The quantitative estimate of drug-likeness (QED) is 0.552. The van der Waals surface area contributed by atoms with E-state index in [-0.39, 0.29) is 0 Å². The molecule has 4 heteroatoms. The van der Waals surface area contributed by atoms with E-state index in [1.807, 2.05) is 36.4 Å². The van der Waals surface area contributed by atoms with Crippen LogP contribution in [0.4, 0.5) is 5.69 Å². The minimum atomic E-state index is 0.296. The van der Waals surface area contributed by atoms with E-state index in [9.17, 15) is 0 Å². The predicted molar refractivity (Wildman–Crippen MR) is 93.7 cm³/mol. The van der Waals surface area contributed by atoms with Crippen molar-refractivity contribution >= 4 is 44.8 Å². The molecule has 2 aromatic carbocycles. The number of para-hydroxylation sites is 2. The Hall–Kier alpha value is -2.20. The molecule has 0 saturated carbocycles. The summed E-state index contributed by atoms with van der Waals surface area (Å²) < 4.78 is 0. The van der Waals surface area contributed by atoms with Gasteiger partial charge in [0, 0.05) is 16.8 Å². The van der Waals surface area contributed by atoms with Crippen LogP contribution in [0.3, 0.4) is 0 Å². The van der Waals surface area contributed by atoms with Gasteiger partial charge in [-0.25, -0.2) is 4.98 Å². The van der Waals surface area contributed by atoms with Crippen molar-refractivity contribution in [1.82, 2.24) is 10.3 Å². The summed E-state index contributed by atoms with van der Waals surface area (Å²) in [6.07, 6.45) is 0. The SMILES string of the molecule is CC(C)NC(=S)Nc1c2ccccc2nc2ccccc12. The van der Waals surface area contributed by atoms with Gasteiger partial charge in [-0.3, -0.25) is 0 Å². The van der Waals surface area contributed by atoms with Crippen molar-refractivity contribution in [2.75, 3.05) is 5.32 Å². The molecule has 1 aromatic heterocycles. The molecular weight excluding hydrogens is 278 g/mol. The average Bonchev–Trinajstić information content (AvgIpc) is 2.46. The summed E-state index contributed by atoms with van der Waals surface area (Å²) in [4.78, 5) is 4.70. The Morgan fingerprint density at radius 2 is 1.48 bits per heavy atom. The van der Waals surface area contributed by atoms with Crippen LogP contribution >= 0.6 is 12.2 Å². The summed E-state index contributed by atoms with van der Waals surface area (Å²) >= 11 is 5.40. The molecule has 0 fully saturated rings. The maximum atomic E-state index is 5.40. The zero-order valence-electron chi connectivity index (χ0n) is 12.1. The van der Waals surface area contributed by atoms with Crippen molar-refractivity contribution in [3.05, 3.63) is 48.5 Å². The summed E-state index contributed by atoms with van der Waals surface area (Å²) in [5, 5.41) is 9.34. The zero-order valence-corrected chi connectivity index (χ0v) is 12.9. The molecular formula is C17H17N3S. The first-order valence-electron chi connectivity index (χ1n) is 7.00. The Labute approximate surface area is 129 Å². The Kier molecular flexibility index (Phi) is 3.71. The molecule has 0 radical (unpaired) electrons. The van der Waals surface area contributed by atoms with E-state index in [4.69, 9.17) is 17.2 Å². The molecule has 1 heterocycles. The highest BCUT2D eigenvalue weighted by atomic mass is 32.1. The predicted octanol–water partition coefficient (Wildman–Crippen LogP) is 4.08. The van der Waals surface area contributed by atoms with Crippen LogP contribution < -0.4 is 10.6 Å². The molecule has 0 amide bonds. The van der Waals surface area contributed by atoms with Gasteiger partial charge in [-0.1, -0.05) is 36.4 Å². The number of fused-ring (bicyclic) bond motifs is 2. The lowest BCUT2D eigenvalue weighted by molar-refractivity contribution is 0.739. The van der Waals surface area contributed by atoms with Gasteiger partial charge in [0.2, 0.25) is 0 Å². The number of hydrogen-bond acceptors (Lipinski definition) is 2. The van der Waals surface area contributed by atoms with E-state index >= 15 is 0 Å². The highest BCUT2D eigenvalue weighted by Crippen LogP contribution is 2.30. The van der Waals surface area contributed by atoms with Crippen molar-refractivity contribution in [1.29, 1.82) is 0 Å². The van der Waals surface area contributed by atoms with Gasteiger partial charge in [-0.2, -0.15) is 0 Å². The smallest absolute Gasteiger partial charge is 0.171 e. The minimum Gasteiger partial charge on any atom is -0.360 e. The molecule has 3 aromatic rings. The third-order valence-corrected chi connectivity index (χ3v) is 3.47. The van der Waals surface area contributed by atoms with Crippen LogP contribution in [0.25, 0.3) is 21.8 Å². The van der Waals surface area contributed by atoms with Crippen LogP contribution in [-0.2, 0) is 0 Å². The second kappa shape index (κ2) is 5.66. The van der Waals surface area contributed by atoms with Crippen molar-refractivity contribution < 1.29 is 0 Å². The lowest BCUT2D eigenvalue weighted by Crippen LogP contribution is -2.34. The third-order valence-electron chi connectivity index (χ3n) is 3.25. The maximum absolute atomic E-state index is 5.40. The number of anilines is 1. The highest BCUT2D eigenvalue weighted by molar-refractivity contribution is 7.80. The van der Waals surface area contributed by atoms with Gasteiger partial charge in [-0.05, 0) is 38.2 Å². The van der Waals surface area contributed by atoms with E-state index in [1.54, 1.807) is 0 Å². The maximum Gasteiger partial charge on any atom is 0.171 e. The summed E-state index contributed by atoms with van der Waals surface area (Å²) in [5.41, 5.74) is 2.94. The number of nitrogens with one attached hydrogen (secondary N) is 2. The van der Waals surface area contributed by atoms with Gasteiger partial charge in [0.1, 0.15) is 0 Å². The van der Waals surface area contributed by atoms with Crippen LogP contribution in [0.2, 0.25) is 0 Å². The number of hydrogen-bond donors (Lipinski definition) is 2. The molecule has 2 N–H and O–H groups in total. The van der Waals surface area contributed by atoms with Gasteiger partial charge in [0.05, 0.1) is 16.7 Å². The van der Waals surface area contributed by atoms with Crippen LogP contribution in [0, 0.1) is 0 Å². The van der Waals surface area contributed by atoms with Crippen molar-refractivity contribution in [2.24, 2.45) is 0 Å². The fourth-order valence-electron chi connectivity index (χ4n) is 2.39. The lowest BCUT2D eigenvalue weighted by atomic mass is 10.1. The van der Waals surface area contributed by atoms with E-state index in [0.29, 0.717) is 11.2 Å². The number of benzene rings is 2. The van der Waals surface area contributed by atoms with Gasteiger partial charge < -0.3 is 10.6 Å².